The molecule has 1 aromatic carbocycles. The topological polar surface area (TPSA) is 45.1 Å². The SMILES string of the molecule is OC1(CNCc2ccc(F)c3cccnc23)CCCC1. The van der Waals surface area contributed by atoms with Gasteiger partial charge in [-0.3, -0.25) is 4.98 Å². The van der Waals surface area contributed by atoms with Crippen LogP contribution < -0.4 is 5.32 Å². The summed E-state index contributed by atoms with van der Waals surface area (Å²) in [4.78, 5) is 4.27. The summed E-state index contributed by atoms with van der Waals surface area (Å²) >= 11 is 0. The summed E-state index contributed by atoms with van der Waals surface area (Å²) in [6, 6.07) is 6.72. The summed E-state index contributed by atoms with van der Waals surface area (Å²) in [5, 5.41) is 14.1. The Morgan fingerprint density at radius 1 is 1.25 bits per heavy atom. The fourth-order valence-electron chi connectivity index (χ4n) is 2.98. The van der Waals surface area contributed by atoms with E-state index in [0.29, 0.717) is 24.0 Å². The summed E-state index contributed by atoms with van der Waals surface area (Å²) in [7, 11) is 0. The molecule has 2 aromatic rings. The number of fused-ring (bicyclic) bond motifs is 1. The predicted molar refractivity (Wildman–Crippen MR) is 76.8 cm³/mol. The molecule has 0 unspecified atom stereocenters. The zero-order valence-corrected chi connectivity index (χ0v) is 11.4. The first-order valence-corrected chi connectivity index (χ1v) is 7.13. The number of nitrogens with zero attached hydrogens (tertiary/aromatic N) is 1. The third-order valence-electron chi connectivity index (χ3n) is 4.10. The maximum Gasteiger partial charge on any atom is 0.132 e. The third kappa shape index (κ3) is 2.67. The quantitative estimate of drug-likeness (QED) is 0.901. The standard InChI is InChI=1S/C16H19FN2O/c17-14-6-5-12(15-13(14)4-3-9-19-15)10-18-11-16(20)7-1-2-8-16/h3-6,9,18,20H,1-2,7-8,10-11H2. The van der Waals surface area contributed by atoms with Gasteiger partial charge >= 0.3 is 0 Å². The van der Waals surface area contributed by atoms with Crippen molar-refractivity contribution in [2.24, 2.45) is 0 Å². The van der Waals surface area contributed by atoms with Crippen molar-refractivity contribution in [3.8, 4) is 0 Å². The summed E-state index contributed by atoms with van der Waals surface area (Å²) in [6.07, 6.45) is 5.60. The second-order valence-corrected chi connectivity index (χ2v) is 5.64. The van der Waals surface area contributed by atoms with Crippen molar-refractivity contribution in [2.45, 2.75) is 37.8 Å². The van der Waals surface area contributed by atoms with Crippen LogP contribution in [-0.4, -0.2) is 22.2 Å². The number of halogens is 1. The Bertz CT molecular complexity index is 608. The molecule has 4 heteroatoms. The lowest BCUT2D eigenvalue weighted by Gasteiger charge is -2.22. The predicted octanol–water partition coefficient (Wildman–Crippen LogP) is 2.77. The van der Waals surface area contributed by atoms with Gasteiger partial charge in [-0.15, -0.1) is 0 Å². The van der Waals surface area contributed by atoms with E-state index in [0.717, 1.165) is 31.2 Å². The molecule has 2 N–H and O–H groups in total. The second-order valence-electron chi connectivity index (χ2n) is 5.64. The number of nitrogens with one attached hydrogen (secondary N) is 1. The normalized spacial score (nSPS) is 17.7. The van der Waals surface area contributed by atoms with Crippen LogP contribution in [0.3, 0.4) is 0 Å². The minimum atomic E-state index is -0.566. The van der Waals surface area contributed by atoms with E-state index in [4.69, 9.17) is 0 Å². The Hall–Kier alpha value is -1.52. The van der Waals surface area contributed by atoms with E-state index in [2.05, 4.69) is 10.3 Å². The molecule has 1 aliphatic rings. The van der Waals surface area contributed by atoms with Crippen LogP contribution in [0.4, 0.5) is 4.39 Å². The average Bonchev–Trinajstić information content (AvgIpc) is 2.89. The molecule has 0 bridgehead atoms. The highest BCUT2D eigenvalue weighted by atomic mass is 19.1. The Balaban J connectivity index is 1.73. The molecule has 1 aromatic heterocycles. The molecule has 3 nitrogen and oxygen atoms in total. The average molecular weight is 274 g/mol. The van der Waals surface area contributed by atoms with E-state index in [-0.39, 0.29) is 5.82 Å². The Morgan fingerprint density at radius 2 is 2.05 bits per heavy atom. The van der Waals surface area contributed by atoms with E-state index in [1.165, 1.54) is 6.07 Å². The van der Waals surface area contributed by atoms with Gasteiger partial charge in [-0.1, -0.05) is 18.9 Å². The first-order valence-electron chi connectivity index (χ1n) is 7.13. The largest absolute Gasteiger partial charge is 0.389 e. The number of pyridine rings is 1. The first-order chi connectivity index (χ1) is 9.68. The van der Waals surface area contributed by atoms with Crippen LogP contribution in [0, 0.1) is 5.82 Å². The summed E-state index contributed by atoms with van der Waals surface area (Å²) in [5.41, 5.74) is 1.09. The van der Waals surface area contributed by atoms with Gasteiger partial charge in [0.1, 0.15) is 5.82 Å². The van der Waals surface area contributed by atoms with Gasteiger partial charge in [0.25, 0.3) is 0 Å². The molecule has 1 fully saturated rings. The Morgan fingerprint density at radius 3 is 2.85 bits per heavy atom. The second kappa shape index (κ2) is 5.46. The number of aromatic nitrogens is 1. The maximum absolute atomic E-state index is 13.7. The molecule has 0 amide bonds. The molecule has 0 saturated heterocycles. The van der Waals surface area contributed by atoms with Gasteiger partial charge in [0.15, 0.2) is 0 Å². The van der Waals surface area contributed by atoms with Gasteiger partial charge < -0.3 is 10.4 Å². The lowest BCUT2D eigenvalue weighted by Crippen LogP contribution is -2.37. The highest BCUT2D eigenvalue weighted by Gasteiger charge is 2.30. The number of rotatable bonds is 4. The molecule has 0 spiro atoms. The van der Waals surface area contributed by atoms with Crippen LogP contribution in [0.25, 0.3) is 10.9 Å². The summed E-state index contributed by atoms with van der Waals surface area (Å²) in [5.74, 6) is -0.244. The van der Waals surface area contributed by atoms with E-state index < -0.39 is 5.60 Å². The monoisotopic (exact) mass is 274 g/mol. The lowest BCUT2D eigenvalue weighted by molar-refractivity contribution is 0.0475. The molecule has 1 heterocycles. The lowest BCUT2D eigenvalue weighted by atomic mass is 10.0. The molecular formula is C16H19FN2O. The van der Waals surface area contributed by atoms with E-state index >= 15 is 0 Å². The molecule has 0 aliphatic heterocycles. The minimum absolute atomic E-state index is 0.244. The van der Waals surface area contributed by atoms with Crippen molar-refractivity contribution in [3.63, 3.8) is 0 Å². The van der Waals surface area contributed by atoms with Gasteiger partial charge in [-0.2, -0.15) is 0 Å². The van der Waals surface area contributed by atoms with Gasteiger partial charge in [-0.25, -0.2) is 4.39 Å². The molecule has 1 aliphatic carbocycles. The van der Waals surface area contributed by atoms with Crippen LogP contribution in [0.2, 0.25) is 0 Å². The van der Waals surface area contributed by atoms with E-state index in [1.54, 1.807) is 24.4 Å². The Kier molecular flexibility index (Phi) is 3.68. The highest BCUT2D eigenvalue weighted by Crippen LogP contribution is 2.28. The number of hydrogen-bond acceptors (Lipinski definition) is 3. The smallest absolute Gasteiger partial charge is 0.132 e. The maximum atomic E-state index is 13.7. The molecule has 106 valence electrons. The zero-order chi connectivity index (χ0) is 14.0. The van der Waals surface area contributed by atoms with Crippen molar-refractivity contribution in [1.29, 1.82) is 0 Å². The van der Waals surface area contributed by atoms with Crippen molar-refractivity contribution in [3.05, 3.63) is 41.8 Å². The number of benzene rings is 1. The van der Waals surface area contributed by atoms with Gasteiger partial charge in [0.2, 0.25) is 0 Å². The van der Waals surface area contributed by atoms with Crippen LogP contribution in [-0.2, 0) is 6.54 Å². The number of aliphatic hydroxyl groups is 1. The summed E-state index contributed by atoms with van der Waals surface area (Å²) in [6.45, 7) is 1.18. The van der Waals surface area contributed by atoms with Gasteiger partial charge in [0.05, 0.1) is 11.1 Å². The van der Waals surface area contributed by atoms with Gasteiger partial charge in [-0.05, 0) is 36.6 Å². The third-order valence-corrected chi connectivity index (χ3v) is 4.10. The molecule has 20 heavy (non-hydrogen) atoms. The minimum Gasteiger partial charge on any atom is -0.389 e. The zero-order valence-electron chi connectivity index (χ0n) is 11.4. The van der Waals surface area contributed by atoms with Crippen molar-refractivity contribution < 1.29 is 9.50 Å². The van der Waals surface area contributed by atoms with Crippen LogP contribution in [0.5, 0.6) is 0 Å². The molecule has 0 atom stereocenters. The fraction of sp³-hybridized carbons (Fsp3) is 0.438. The van der Waals surface area contributed by atoms with Crippen molar-refractivity contribution in [2.75, 3.05) is 6.54 Å². The fourth-order valence-corrected chi connectivity index (χ4v) is 2.98. The van der Waals surface area contributed by atoms with Crippen molar-refractivity contribution >= 4 is 10.9 Å². The molecule has 3 rings (SSSR count). The van der Waals surface area contributed by atoms with Gasteiger partial charge in [0, 0.05) is 24.7 Å². The van der Waals surface area contributed by atoms with Crippen LogP contribution in [0.1, 0.15) is 31.2 Å². The Labute approximate surface area is 117 Å². The first kappa shape index (κ1) is 13.5. The van der Waals surface area contributed by atoms with E-state index in [9.17, 15) is 9.50 Å². The summed E-state index contributed by atoms with van der Waals surface area (Å²) < 4.78 is 13.7. The number of hydrogen-bond donors (Lipinski definition) is 2. The van der Waals surface area contributed by atoms with Crippen LogP contribution >= 0.6 is 0 Å². The molecule has 0 radical (unpaired) electrons. The molecule has 1 saturated carbocycles. The highest BCUT2D eigenvalue weighted by molar-refractivity contribution is 5.82. The van der Waals surface area contributed by atoms with Crippen molar-refractivity contribution in [1.82, 2.24) is 10.3 Å². The van der Waals surface area contributed by atoms with E-state index in [1.807, 2.05) is 0 Å². The van der Waals surface area contributed by atoms with Crippen LogP contribution in [0.15, 0.2) is 30.5 Å². The molecular weight excluding hydrogens is 255 g/mol.